The molecule has 2 nitrogen and oxygen atoms in total. The van der Waals surface area contributed by atoms with Gasteiger partial charge in [-0.15, -0.1) is 0 Å². The third-order valence-electron chi connectivity index (χ3n) is 3.58. The molecule has 0 radical (unpaired) electrons. The summed E-state index contributed by atoms with van der Waals surface area (Å²) in [6.45, 7) is 4.30. The normalized spacial score (nSPS) is 24.7. The smallest absolute Gasteiger partial charge is 0.154 e. The van der Waals surface area contributed by atoms with Crippen molar-refractivity contribution >= 4 is 28.9 Å². The van der Waals surface area contributed by atoms with Crippen LogP contribution >= 0.6 is 23.2 Å². The van der Waals surface area contributed by atoms with Crippen LogP contribution in [0.3, 0.4) is 0 Å². The standard InChI is InChI=1S/C13H18Cl2N2/c1-8-5-3-4-6-10(8)16-12-9(2)7-11(14)17-13(12)15/h7-8,10,16H,3-6H2,1-2H3. The highest BCUT2D eigenvalue weighted by molar-refractivity contribution is 6.34. The topological polar surface area (TPSA) is 24.9 Å². The third-order valence-corrected chi connectivity index (χ3v) is 4.05. The van der Waals surface area contributed by atoms with Gasteiger partial charge in [0.15, 0.2) is 5.15 Å². The Morgan fingerprint density at radius 3 is 2.65 bits per heavy atom. The van der Waals surface area contributed by atoms with Crippen molar-refractivity contribution < 1.29 is 0 Å². The molecule has 4 heteroatoms. The quantitative estimate of drug-likeness (QED) is 0.791. The Hall–Kier alpha value is -0.470. The number of rotatable bonds is 2. The van der Waals surface area contributed by atoms with Crippen LogP contribution in [0.4, 0.5) is 5.69 Å². The van der Waals surface area contributed by atoms with Gasteiger partial charge in [0, 0.05) is 6.04 Å². The first-order valence-corrected chi connectivity index (χ1v) is 6.92. The second-order valence-electron chi connectivity index (χ2n) is 4.94. The summed E-state index contributed by atoms with van der Waals surface area (Å²) >= 11 is 12.0. The minimum Gasteiger partial charge on any atom is -0.379 e. The van der Waals surface area contributed by atoms with Gasteiger partial charge in [-0.1, -0.05) is 43.0 Å². The van der Waals surface area contributed by atoms with Crippen molar-refractivity contribution in [3.63, 3.8) is 0 Å². The summed E-state index contributed by atoms with van der Waals surface area (Å²) < 4.78 is 0. The Kier molecular flexibility index (Phi) is 4.16. The highest BCUT2D eigenvalue weighted by Gasteiger charge is 2.22. The Bertz CT molecular complexity index is 383. The van der Waals surface area contributed by atoms with Crippen molar-refractivity contribution in [3.8, 4) is 0 Å². The van der Waals surface area contributed by atoms with E-state index < -0.39 is 0 Å². The summed E-state index contributed by atoms with van der Waals surface area (Å²) in [5.74, 6) is 0.690. The van der Waals surface area contributed by atoms with Crippen LogP contribution < -0.4 is 5.32 Å². The van der Waals surface area contributed by atoms with E-state index in [2.05, 4.69) is 17.2 Å². The van der Waals surface area contributed by atoms with Crippen LogP contribution in [0.2, 0.25) is 10.3 Å². The lowest BCUT2D eigenvalue weighted by Gasteiger charge is -2.31. The molecule has 1 heterocycles. The van der Waals surface area contributed by atoms with Crippen LogP contribution in [0.5, 0.6) is 0 Å². The first-order valence-electron chi connectivity index (χ1n) is 6.17. The van der Waals surface area contributed by atoms with Gasteiger partial charge in [-0.05, 0) is 37.3 Å². The summed E-state index contributed by atoms with van der Waals surface area (Å²) in [5, 5.41) is 4.47. The van der Waals surface area contributed by atoms with Crippen LogP contribution in [-0.2, 0) is 0 Å². The molecule has 2 rings (SSSR count). The van der Waals surface area contributed by atoms with E-state index in [0.29, 0.717) is 22.3 Å². The number of aryl methyl sites for hydroxylation is 1. The molecular weight excluding hydrogens is 255 g/mol. The van der Waals surface area contributed by atoms with Crippen LogP contribution in [0.25, 0.3) is 0 Å². The monoisotopic (exact) mass is 272 g/mol. The molecular formula is C13H18Cl2N2. The molecule has 0 amide bonds. The molecule has 0 bridgehead atoms. The van der Waals surface area contributed by atoms with Gasteiger partial charge in [0.2, 0.25) is 0 Å². The van der Waals surface area contributed by atoms with Gasteiger partial charge >= 0.3 is 0 Å². The predicted octanol–water partition coefficient (Wildman–Crippen LogP) is 4.69. The van der Waals surface area contributed by atoms with Crippen molar-refractivity contribution in [1.29, 1.82) is 0 Å². The zero-order chi connectivity index (χ0) is 12.4. The summed E-state index contributed by atoms with van der Waals surface area (Å²) in [6, 6.07) is 2.35. The zero-order valence-electron chi connectivity index (χ0n) is 10.3. The lowest BCUT2D eigenvalue weighted by molar-refractivity contribution is 0.349. The SMILES string of the molecule is Cc1cc(Cl)nc(Cl)c1NC1CCCCC1C. The molecule has 1 aromatic heterocycles. The summed E-state index contributed by atoms with van der Waals surface area (Å²) in [7, 11) is 0. The number of pyridine rings is 1. The van der Waals surface area contributed by atoms with E-state index in [1.54, 1.807) is 0 Å². The van der Waals surface area contributed by atoms with Crippen molar-refractivity contribution in [2.45, 2.75) is 45.6 Å². The molecule has 2 unspecified atom stereocenters. The van der Waals surface area contributed by atoms with Crippen LogP contribution in [0.15, 0.2) is 6.07 Å². The molecule has 17 heavy (non-hydrogen) atoms. The van der Waals surface area contributed by atoms with Crippen LogP contribution in [-0.4, -0.2) is 11.0 Å². The molecule has 2 atom stereocenters. The molecule has 0 spiro atoms. The van der Waals surface area contributed by atoms with E-state index >= 15 is 0 Å². The minimum absolute atomic E-state index is 0.453. The Balaban J connectivity index is 2.17. The summed E-state index contributed by atoms with van der Waals surface area (Å²) in [5.41, 5.74) is 2.00. The Labute approximate surface area is 113 Å². The second kappa shape index (κ2) is 5.45. The van der Waals surface area contributed by atoms with Gasteiger partial charge in [-0.3, -0.25) is 0 Å². The van der Waals surface area contributed by atoms with Gasteiger partial charge in [-0.25, -0.2) is 4.98 Å². The number of hydrogen-bond donors (Lipinski definition) is 1. The molecule has 0 saturated heterocycles. The van der Waals surface area contributed by atoms with Crippen molar-refractivity contribution in [2.24, 2.45) is 5.92 Å². The molecule has 1 N–H and O–H groups in total. The fourth-order valence-corrected chi connectivity index (χ4v) is 3.07. The van der Waals surface area contributed by atoms with E-state index in [9.17, 15) is 0 Å². The maximum atomic E-state index is 6.14. The third kappa shape index (κ3) is 3.05. The second-order valence-corrected chi connectivity index (χ2v) is 5.69. The van der Waals surface area contributed by atoms with Gasteiger partial charge < -0.3 is 5.32 Å². The Morgan fingerprint density at radius 2 is 2.00 bits per heavy atom. The first kappa shape index (κ1) is 13.0. The fraction of sp³-hybridized carbons (Fsp3) is 0.615. The fourth-order valence-electron chi connectivity index (χ4n) is 2.48. The molecule has 1 aliphatic rings. The van der Waals surface area contributed by atoms with Gasteiger partial charge in [-0.2, -0.15) is 0 Å². The average Bonchev–Trinajstić information content (AvgIpc) is 2.25. The molecule has 1 aromatic rings. The molecule has 1 saturated carbocycles. The molecule has 1 aliphatic carbocycles. The molecule has 0 aromatic carbocycles. The lowest BCUT2D eigenvalue weighted by atomic mass is 9.86. The van der Waals surface area contributed by atoms with E-state index in [4.69, 9.17) is 23.2 Å². The van der Waals surface area contributed by atoms with E-state index in [1.165, 1.54) is 25.7 Å². The maximum Gasteiger partial charge on any atom is 0.154 e. The zero-order valence-corrected chi connectivity index (χ0v) is 11.8. The van der Waals surface area contributed by atoms with Crippen LogP contribution in [0, 0.1) is 12.8 Å². The summed E-state index contributed by atoms with van der Waals surface area (Å²) in [6.07, 6.45) is 5.12. The number of hydrogen-bond acceptors (Lipinski definition) is 2. The summed E-state index contributed by atoms with van der Waals surface area (Å²) in [4.78, 5) is 4.09. The van der Waals surface area contributed by atoms with Gasteiger partial charge in [0.25, 0.3) is 0 Å². The number of anilines is 1. The van der Waals surface area contributed by atoms with Crippen LogP contribution in [0.1, 0.15) is 38.2 Å². The first-order chi connectivity index (χ1) is 8.08. The predicted molar refractivity (Wildman–Crippen MR) is 74.0 cm³/mol. The number of nitrogens with zero attached hydrogens (tertiary/aromatic N) is 1. The lowest BCUT2D eigenvalue weighted by Crippen LogP contribution is -2.30. The van der Waals surface area contributed by atoms with E-state index in [1.807, 2.05) is 13.0 Å². The van der Waals surface area contributed by atoms with Gasteiger partial charge in [0.05, 0.1) is 5.69 Å². The van der Waals surface area contributed by atoms with Crippen molar-refractivity contribution in [2.75, 3.05) is 5.32 Å². The van der Waals surface area contributed by atoms with E-state index in [0.717, 1.165) is 11.3 Å². The highest BCUT2D eigenvalue weighted by atomic mass is 35.5. The Morgan fingerprint density at radius 1 is 1.29 bits per heavy atom. The molecule has 1 fully saturated rings. The van der Waals surface area contributed by atoms with Gasteiger partial charge in [0.1, 0.15) is 5.15 Å². The van der Waals surface area contributed by atoms with Crippen molar-refractivity contribution in [3.05, 3.63) is 21.9 Å². The minimum atomic E-state index is 0.453. The average molecular weight is 273 g/mol. The molecule has 94 valence electrons. The highest BCUT2D eigenvalue weighted by Crippen LogP contribution is 2.32. The van der Waals surface area contributed by atoms with Crippen molar-refractivity contribution in [1.82, 2.24) is 4.98 Å². The number of halogens is 2. The van der Waals surface area contributed by atoms with E-state index in [-0.39, 0.29) is 0 Å². The number of aromatic nitrogens is 1. The largest absolute Gasteiger partial charge is 0.379 e. The molecule has 0 aliphatic heterocycles. The maximum absolute atomic E-state index is 6.14. The number of nitrogens with one attached hydrogen (secondary N) is 1.